The molecule has 7 nitrogen and oxygen atoms in total. The van der Waals surface area contributed by atoms with Gasteiger partial charge in [0.1, 0.15) is 5.69 Å². The summed E-state index contributed by atoms with van der Waals surface area (Å²) < 4.78 is 26.9. The van der Waals surface area contributed by atoms with Crippen LogP contribution in [-0.4, -0.2) is 39.5 Å². The van der Waals surface area contributed by atoms with Crippen molar-refractivity contribution >= 4 is 15.5 Å². The predicted molar refractivity (Wildman–Crippen MR) is 80.5 cm³/mol. The van der Waals surface area contributed by atoms with Gasteiger partial charge in [0.15, 0.2) is 9.84 Å². The highest BCUT2D eigenvalue weighted by Crippen LogP contribution is 2.34. The highest BCUT2D eigenvalue weighted by atomic mass is 32.2. The third-order valence-electron chi connectivity index (χ3n) is 4.05. The van der Waals surface area contributed by atoms with Crippen LogP contribution in [0.2, 0.25) is 0 Å². The minimum atomic E-state index is -2.99. The Balaban J connectivity index is 2.05. The van der Waals surface area contributed by atoms with Crippen LogP contribution in [0.25, 0.3) is 11.3 Å². The van der Waals surface area contributed by atoms with E-state index in [0.29, 0.717) is 17.8 Å². The number of nitrogens with zero attached hydrogens (tertiary/aromatic N) is 4. The van der Waals surface area contributed by atoms with Crippen molar-refractivity contribution in [3.63, 3.8) is 0 Å². The topological polar surface area (TPSA) is 95.8 Å². The van der Waals surface area contributed by atoms with Gasteiger partial charge >= 0.3 is 0 Å². The summed E-state index contributed by atoms with van der Waals surface area (Å²) in [5, 5.41) is 8.84. The molecule has 1 fully saturated rings. The van der Waals surface area contributed by atoms with Gasteiger partial charge in [-0.05, 0) is 20.3 Å². The maximum absolute atomic E-state index is 11.8. The number of hydrogen-bond donors (Lipinski definition) is 1. The van der Waals surface area contributed by atoms with Gasteiger partial charge in [-0.2, -0.15) is 10.2 Å². The number of nitrogen functional groups attached to an aromatic ring is 1. The van der Waals surface area contributed by atoms with E-state index in [2.05, 4.69) is 10.2 Å². The zero-order valence-electron chi connectivity index (χ0n) is 12.4. The molecule has 2 aromatic rings. The second kappa shape index (κ2) is 4.33. The van der Waals surface area contributed by atoms with Crippen LogP contribution in [0.1, 0.15) is 19.0 Å². The first kappa shape index (κ1) is 14.1. The molecule has 0 amide bonds. The van der Waals surface area contributed by atoms with E-state index in [4.69, 9.17) is 5.73 Å². The fraction of sp³-hybridized carbons (Fsp3) is 0.538. The summed E-state index contributed by atoms with van der Waals surface area (Å²) in [4.78, 5) is 0. The molecule has 0 spiro atoms. The summed E-state index contributed by atoms with van der Waals surface area (Å²) in [6.45, 7) is 3.80. The van der Waals surface area contributed by atoms with E-state index in [1.165, 1.54) is 0 Å². The highest BCUT2D eigenvalue weighted by Gasteiger charge is 2.41. The second-order valence-corrected chi connectivity index (χ2v) is 8.20. The van der Waals surface area contributed by atoms with E-state index in [0.717, 1.165) is 11.3 Å². The third-order valence-corrected chi connectivity index (χ3v) is 5.93. The Hall–Kier alpha value is -1.83. The number of hydrogen-bond acceptors (Lipinski definition) is 5. The van der Waals surface area contributed by atoms with Crippen molar-refractivity contribution in [3.05, 3.63) is 18.1 Å². The predicted octanol–water partition coefficient (Wildman–Crippen LogP) is 0.708. The first-order valence-electron chi connectivity index (χ1n) is 6.77. The molecular weight excluding hydrogens is 290 g/mol. The Bertz CT molecular complexity index is 805. The van der Waals surface area contributed by atoms with Crippen molar-refractivity contribution in [3.8, 4) is 11.3 Å². The monoisotopic (exact) mass is 309 g/mol. The van der Waals surface area contributed by atoms with Gasteiger partial charge in [0, 0.05) is 25.0 Å². The molecule has 114 valence electrons. The summed E-state index contributed by atoms with van der Waals surface area (Å²) in [6.07, 6.45) is 4.15. The first-order chi connectivity index (χ1) is 9.70. The summed E-state index contributed by atoms with van der Waals surface area (Å²) in [7, 11) is -1.15. The SMILES string of the molecule is Cc1nn(C)cc1-c1nn(C2(C)CCS(=O)(=O)C2)cc1N. The molecule has 3 heterocycles. The van der Waals surface area contributed by atoms with Crippen LogP contribution in [0.15, 0.2) is 12.4 Å². The lowest BCUT2D eigenvalue weighted by atomic mass is 10.0. The van der Waals surface area contributed by atoms with Gasteiger partial charge in [-0.1, -0.05) is 0 Å². The molecule has 2 aromatic heterocycles. The van der Waals surface area contributed by atoms with Gasteiger partial charge in [0.05, 0.1) is 28.4 Å². The lowest BCUT2D eigenvalue weighted by molar-refractivity contribution is 0.329. The summed E-state index contributed by atoms with van der Waals surface area (Å²) >= 11 is 0. The normalized spacial score (nSPS) is 24.5. The molecule has 0 saturated carbocycles. The molecule has 0 radical (unpaired) electrons. The number of sulfone groups is 1. The maximum atomic E-state index is 11.8. The Labute approximate surface area is 123 Å². The van der Waals surface area contributed by atoms with E-state index in [-0.39, 0.29) is 11.5 Å². The Kier molecular flexibility index (Phi) is 2.91. The van der Waals surface area contributed by atoms with Crippen LogP contribution in [0.5, 0.6) is 0 Å². The van der Waals surface area contributed by atoms with Crippen molar-refractivity contribution < 1.29 is 8.42 Å². The molecule has 3 rings (SSSR count). The number of rotatable bonds is 2. The minimum Gasteiger partial charge on any atom is -0.396 e. The van der Waals surface area contributed by atoms with Gasteiger partial charge in [0.2, 0.25) is 0 Å². The van der Waals surface area contributed by atoms with Crippen LogP contribution < -0.4 is 5.73 Å². The Morgan fingerprint density at radius 1 is 1.33 bits per heavy atom. The molecule has 2 N–H and O–H groups in total. The van der Waals surface area contributed by atoms with Crippen molar-refractivity contribution in [1.82, 2.24) is 19.6 Å². The molecular formula is C13H19N5O2S. The molecule has 8 heteroatoms. The van der Waals surface area contributed by atoms with Crippen molar-refractivity contribution in [1.29, 1.82) is 0 Å². The third kappa shape index (κ3) is 2.33. The zero-order chi connectivity index (χ0) is 15.4. The molecule has 1 saturated heterocycles. The summed E-state index contributed by atoms with van der Waals surface area (Å²) in [5.41, 5.74) is 8.47. The largest absolute Gasteiger partial charge is 0.396 e. The van der Waals surface area contributed by atoms with E-state index in [1.54, 1.807) is 15.6 Å². The van der Waals surface area contributed by atoms with Crippen molar-refractivity contribution in [2.45, 2.75) is 25.8 Å². The lowest BCUT2D eigenvalue weighted by Gasteiger charge is -2.22. The quantitative estimate of drug-likeness (QED) is 0.881. The number of aromatic nitrogens is 4. The maximum Gasteiger partial charge on any atom is 0.152 e. The standard InChI is InChI=1S/C13H19N5O2S/c1-9-10(6-17(3)15-9)12-11(14)7-18(16-12)13(2)4-5-21(19,20)8-13/h6-7H,4-5,8,14H2,1-3H3. The van der Waals surface area contributed by atoms with E-state index in [1.807, 2.05) is 27.1 Å². The van der Waals surface area contributed by atoms with Crippen LogP contribution >= 0.6 is 0 Å². The molecule has 0 aromatic carbocycles. The van der Waals surface area contributed by atoms with Crippen molar-refractivity contribution in [2.24, 2.45) is 7.05 Å². The van der Waals surface area contributed by atoms with Gasteiger partial charge in [-0.3, -0.25) is 9.36 Å². The molecule has 1 aliphatic heterocycles. The molecule has 1 atom stereocenters. The Morgan fingerprint density at radius 3 is 2.57 bits per heavy atom. The molecule has 0 aliphatic carbocycles. The van der Waals surface area contributed by atoms with Gasteiger partial charge in [0.25, 0.3) is 0 Å². The zero-order valence-corrected chi connectivity index (χ0v) is 13.2. The van der Waals surface area contributed by atoms with Gasteiger partial charge < -0.3 is 5.73 Å². The average Bonchev–Trinajstić information content (AvgIpc) is 2.97. The van der Waals surface area contributed by atoms with E-state index in [9.17, 15) is 8.42 Å². The second-order valence-electron chi connectivity index (χ2n) is 6.02. The molecule has 0 bridgehead atoms. The number of aryl methyl sites for hydroxylation is 2. The highest BCUT2D eigenvalue weighted by molar-refractivity contribution is 7.91. The molecule has 1 unspecified atom stereocenters. The number of anilines is 1. The van der Waals surface area contributed by atoms with Crippen LogP contribution in [0.3, 0.4) is 0 Å². The van der Waals surface area contributed by atoms with E-state index >= 15 is 0 Å². The van der Waals surface area contributed by atoms with Crippen LogP contribution in [-0.2, 0) is 22.4 Å². The minimum absolute atomic E-state index is 0.104. The molecule has 1 aliphatic rings. The fourth-order valence-corrected chi connectivity index (χ4v) is 5.00. The fourth-order valence-electron chi connectivity index (χ4n) is 2.88. The summed E-state index contributed by atoms with van der Waals surface area (Å²) in [5.74, 6) is 0.303. The average molecular weight is 309 g/mol. The van der Waals surface area contributed by atoms with E-state index < -0.39 is 15.4 Å². The van der Waals surface area contributed by atoms with Crippen LogP contribution in [0.4, 0.5) is 5.69 Å². The summed E-state index contributed by atoms with van der Waals surface area (Å²) in [6, 6.07) is 0. The van der Waals surface area contributed by atoms with Crippen LogP contribution in [0, 0.1) is 6.92 Å². The first-order valence-corrected chi connectivity index (χ1v) is 8.59. The number of nitrogens with two attached hydrogens (primary N) is 1. The smallest absolute Gasteiger partial charge is 0.152 e. The lowest BCUT2D eigenvalue weighted by Crippen LogP contribution is -2.31. The van der Waals surface area contributed by atoms with Crippen molar-refractivity contribution in [2.75, 3.05) is 17.2 Å². The Morgan fingerprint density at radius 2 is 2.05 bits per heavy atom. The van der Waals surface area contributed by atoms with Gasteiger partial charge in [-0.25, -0.2) is 8.42 Å². The van der Waals surface area contributed by atoms with Gasteiger partial charge in [-0.15, -0.1) is 0 Å². The molecule has 21 heavy (non-hydrogen) atoms.